The summed E-state index contributed by atoms with van der Waals surface area (Å²) in [6, 6.07) is 103. The van der Waals surface area contributed by atoms with Crippen molar-refractivity contribution in [3.63, 3.8) is 0 Å². The Kier molecular flexibility index (Phi) is 10.9. The summed E-state index contributed by atoms with van der Waals surface area (Å²) < 4.78 is 6.43. The molecule has 0 aliphatic carbocycles. The third kappa shape index (κ3) is 8.11. The SMILES string of the molecule is c1ccc(-c2cccc(-c3ccc(N(c4ccc(-c5cccc(-c6cccc(-c7cccc8c7oc7ccccc78)c6)c5)cc4)c4ccc(-c5cccc(-c6cccc7ccccc67)c5)cc4)cc3)c2)cc1. The minimum absolute atomic E-state index is 0.907. The molecule has 13 rings (SSSR count). The Labute approximate surface area is 420 Å². The van der Waals surface area contributed by atoms with Crippen molar-refractivity contribution in [2.45, 2.75) is 0 Å². The molecule has 0 amide bonds. The molecule has 72 heavy (non-hydrogen) atoms. The minimum atomic E-state index is 0.907. The largest absolute Gasteiger partial charge is 0.455 e. The van der Waals surface area contributed by atoms with Crippen LogP contribution in [0.4, 0.5) is 17.1 Å². The van der Waals surface area contributed by atoms with Crippen LogP contribution >= 0.6 is 0 Å². The molecule has 12 aromatic carbocycles. The number of benzene rings is 12. The van der Waals surface area contributed by atoms with Gasteiger partial charge in [-0.25, -0.2) is 0 Å². The Morgan fingerprint density at radius 3 is 1.12 bits per heavy atom. The maximum Gasteiger partial charge on any atom is 0.143 e. The van der Waals surface area contributed by atoms with E-state index in [-0.39, 0.29) is 0 Å². The van der Waals surface area contributed by atoms with Gasteiger partial charge in [0.2, 0.25) is 0 Å². The lowest BCUT2D eigenvalue weighted by Gasteiger charge is -2.26. The van der Waals surface area contributed by atoms with Gasteiger partial charge in [-0.2, -0.15) is 0 Å². The molecule has 2 nitrogen and oxygen atoms in total. The highest BCUT2D eigenvalue weighted by molar-refractivity contribution is 6.09. The average molecular weight is 918 g/mol. The van der Waals surface area contributed by atoms with E-state index in [4.69, 9.17) is 4.42 Å². The third-order valence-corrected chi connectivity index (χ3v) is 14.1. The summed E-state index contributed by atoms with van der Waals surface area (Å²) in [6.07, 6.45) is 0. The summed E-state index contributed by atoms with van der Waals surface area (Å²) in [5.41, 5.74) is 21.5. The summed E-state index contributed by atoms with van der Waals surface area (Å²) in [6.45, 7) is 0. The van der Waals surface area contributed by atoms with E-state index < -0.39 is 0 Å². The van der Waals surface area contributed by atoms with E-state index in [0.29, 0.717) is 0 Å². The van der Waals surface area contributed by atoms with Gasteiger partial charge >= 0.3 is 0 Å². The lowest BCUT2D eigenvalue weighted by molar-refractivity contribution is 0.670. The van der Waals surface area contributed by atoms with Gasteiger partial charge in [0.15, 0.2) is 0 Å². The molecule has 2 heteroatoms. The van der Waals surface area contributed by atoms with Crippen LogP contribution in [0.2, 0.25) is 0 Å². The van der Waals surface area contributed by atoms with Crippen LogP contribution in [-0.2, 0) is 0 Å². The van der Waals surface area contributed by atoms with Gasteiger partial charge in [-0.3, -0.25) is 0 Å². The molecule has 0 bridgehead atoms. The topological polar surface area (TPSA) is 16.4 Å². The first-order valence-electron chi connectivity index (χ1n) is 24.6. The number of hydrogen-bond donors (Lipinski definition) is 0. The monoisotopic (exact) mass is 917 g/mol. The second kappa shape index (κ2) is 18.4. The molecule has 13 aromatic rings. The predicted octanol–water partition coefficient (Wildman–Crippen LogP) is 19.9. The molecule has 0 N–H and O–H groups in total. The number of rotatable bonds is 10. The number of para-hydroxylation sites is 2. The summed E-state index contributed by atoms with van der Waals surface area (Å²) in [5, 5.41) is 4.78. The van der Waals surface area contributed by atoms with Gasteiger partial charge in [-0.1, -0.05) is 218 Å². The standard InChI is InChI=1S/C70H47NO/c1-2-14-48(15-3-1)53-18-8-19-54(44-53)49-32-38-61(39-33-49)71(63-42-36-51(37-43-63)56-21-10-24-59(46-56)65-28-12-17-52-16-4-5-26-64(52)65)62-40-34-50(35-41-62)55-20-9-22-57(45-55)58-23-11-25-60(47-58)66-29-13-30-68-67-27-6-7-31-69(67)72-70(66)68/h1-47H. The zero-order valence-corrected chi connectivity index (χ0v) is 39.5. The highest BCUT2D eigenvalue weighted by Gasteiger charge is 2.16. The zero-order valence-electron chi connectivity index (χ0n) is 39.5. The molecule has 1 heterocycles. The first-order chi connectivity index (χ1) is 35.7. The zero-order chi connectivity index (χ0) is 47.8. The van der Waals surface area contributed by atoms with E-state index in [2.05, 4.69) is 278 Å². The van der Waals surface area contributed by atoms with Gasteiger partial charge in [-0.15, -0.1) is 0 Å². The van der Waals surface area contributed by atoms with Crippen LogP contribution in [0.25, 0.3) is 111 Å². The van der Waals surface area contributed by atoms with Gasteiger partial charge < -0.3 is 9.32 Å². The molecule has 338 valence electrons. The molecular weight excluding hydrogens is 871 g/mol. The first kappa shape index (κ1) is 42.6. The van der Waals surface area contributed by atoms with Crippen LogP contribution in [0.5, 0.6) is 0 Å². The smallest absolute Gasteiger partial charge is 0.143 e. The molecule has 0 aliphatic rings. The van der Waals surface area contributed by atoms with Gasteiger partial charge in [0.1, 0.15) is 11.2 Å². The van der Waals surface area contributed by atoms with Crippen molar-refractivity contribution in [3.8, 4) is 77.9 Å². The molecule has 0 radical (unpaired) electrons. The maximum absolute atomic E-state index is 6.43. The molecular formula is C70H47NO. The lowest BCUT2D eigenvalue weighted by atomic mass is 9.95. The van der Waals surface area contributed by atoms with Crippen LogP contribution in [-0.4, -0.2) is 0 Å². The fourth-order valence-electron chi connectivity index (χ4n) is 10.4. The summed E-state index contributed by atoms with van der Waals surface area (Å²) in [7, 11) is 0. The van der Waals surface area contributed by atoms with E-state index >= 15 is 0 Å². The average Bonchev–Trinajstić information content (AvgIpc) is 3.85. The van der Waals surface area contributed by atoms with Crippen molar-refractivity contribution in [2.24, 2.45) is 0 Å². The number of nitrogens with zero attached hydrogens (tertiary/aromatic N) is 1. The van der Waals surface area contributed by atoms with Crippen LogP contribution in [0.15, 0.2) is 290 Å². The Hall–Kier alpha value is -9.50. The van der Waals surface area contributed by atoms with E-state index in [9.17, 15) is 0 Å². The van der Waals surface area contributed by atoms with E-state index in [1.165, 1.54) is 55.3 Å². The second-order valence-corrected chi connectivity index (χ2v) is 18.5. The van der Waals surface area contributed by atoms with Crippen LogP contribution in [0.1, 0.15) is 0 Å². The molecule has 0 fully saturated rings. The van der Waals surface area contributed by atoms with Crippen molar-refractivity contribution >= 4 is 49.8 Å². The summed E-state index contributed by atoms with van der Waals surface area (Å²) >= 11 is 0. The number of fused-ring (bicyclic) bond motifs is 4. The van der Waals surface area contributed by atoms with Gasteiger partial charge in [-0.05, 0) is 150 Å². The van der Waals surface area contributed by atoms with Gasteiger partial charge in [0.05, 0.1) is 0 Å². The highest BCUT2D eigenvalue weighted by Crippen LogP contribution is 2.41. The fraction of sp³-hybridized carbons (Fsp3) is 0. The fourth-order valence-corrected chi connectivity index (χ4v) is 10.4. The molecule has 0 spiro atoms. The predicted molar refractivity (Wildman–Crippen MR) is 304 cm³/mol. The normalized spacial score (nSPS) is 11.3. The first-order valence-corrected chi connectivity index (χ1v) is 24.6. The highest BCUT2D eigenvalue weighted by atomic mass is 16.3. The Bertz CT molecular complexity index is 4070. The second-order valence-electron chi connectivity index (χ2n) is 18.5. The van der Waals surface area contributed by atoms with Crippen LogP contribution in [0.3, 0.4) is 0 Å². The Morgan fingerprint density at radius 2 is 0.569 bits per heavy atom. The Morgan fingerprint density at radius 1 is 0.222 bits per heavy atom. The van der Waals surface area contributed by atoms with E-state index in [0.717, 1.165) is 72.4 Å². The van der Waals surface area contributed by atoms with Gasteiger partial charge in [0, 0.05) is 33.4 Å². The molecule has 0 unspecified atom stereocenters. The van der Waals surface area contributed by atoms with Crippen molar-refractivity contribution in [1.82, 2.24) is 0 Å². The van der Waals surface area contributed by atoms with Crippen LogP contribution < -0.4 is 4.90 Å². The molecule has 0 saturated heterocycles. The summed E-state index contributed by atoms with van der Waals surface area (Å²) in [5.74, 6) is 0. The number of hydrogen-bond acceptors (Lipinski definition) is 2. The van der Waals surface area contributed by atoms with E-state index in [1.807, 2.05) is 12.1 Å². The number of furan rings is 1. The maximum atomic E-state index is 6.43. The van der Waals surface area contributed by atoms with Gasteiger partial charge in [0.25, 0.3) is 0 Å². The lowest BCUT2D eigenvalue weighted by Crippen LogP contribution is -2.09. The van der Waals surface area contributed by atoms with E-state index in [1.54, 1.807) is 0 Å². The van der Waals surface area contributed by atoms with Crippen LogP contribution in [0, 0.1) is 0 Å². The molecule has 0 saturated carbocycles. The van der Waals surface area contributed by atoms with Crippen molar-refractivity contribution in [1.29, 1.82) is 0 Å². The van der Waals surface area contributed by atoms with Crippen molar-refractivity contribution in [2.75, 3.05) is 4.90 Å². The molecule has 0 atom stereocenters. The van der Waals surface area contributed by atoms with Crippen molar-refractivity contribution in [3.05, 3.63) is 285 Å². The molecule has 1 aromatic heterocycles. The Balaban J connectivity index is 0.829. The van der Waals surface area contributed by atoms with Crippen molar-refractivity contribution < 1.29 is 4.42 Å². The quantitative estimate of drug-likeness (QED) is 0.136. The minimum Gasteiger partial charge on any atom is -0.455 e. The third-order valence-electron chi connectivity index (χ3n) is 14.1. The summed E-state index contributed by atoms with van der Waals surface area (Å²) in [4.78, 5) is 2.36. The molecule has 0 aliphatic heterocycles. The number of anilines is 3.